The van der Waals surface area contributed by atoms with Crippen LogP contribution in [0.2, 0.25) is 0 Å². The maximum atomic E-state index is 12.9. The Balaban J connectivity index is 4.47. The highest BCUT2D eigenvalue weighted by Gasteiger charge is 2.19. The molecule has 0 unspecified atom stereocenters. The number of rotatable bonds is 52. The van der Waals surface area contributed by atoms with Crippen molar-refractivity contribution in [3.63, 3.8) is 0 Å². The quantitative estimate of drug-likeness (QED) is 0.0261. The number of allylic oxidation sites excluding steroid dienone is 18. The lowest BCUT2D eigenvalue weighted by Gasteiger charge is -2.18. The average Bonchev–Trinajstić information content (AvgIpc) is 3.37. The van der Waals surface area contributed by atoms with Crippen molar-refractivity contribution in [2.24, 2.45) is 0 Å². The van der Waals surface area contributed by atoms with Crippen LogP contribution in [0.1, 0.15) is 265 Å². The van der Waals surface area contributed by atoms with Crippen LogP contribution in [0.3, 0.4) is 0 Å². The first-order chi connectivity index (χ1) is 35.0. The van der Waals surface area contributed by atoms with Gasteiger partial charge in [-0.15, -0.1) is 0 Å². The monoisotopic (exact) mass is 985 g/mol. The van der Waals surface area contributed by atoms with Crippen LogP contribution < -0.4 is 0 Å². The van der Waals surface area contributed by atoms with Gasteiger partial charge < -0.3 is 14.2 Å². The third-order valence-corrected chi connectivity index (χ3v) is 12.2. The Morgan fingerprint density at radius 2 is 0.549 bits per heavy atom. The first-order valence-electron chi connectivity index (χ1n) is 29.4. The van der Waals surface area contributed by atoms with E-state index in [0.29, 0.717) is 19.3 Å². The Kier molecular flexibility index (Phi) is 55.4. The highest BCUT2D eigenvalue weighted by atomic mass is 16.6. The molecule has 404 valence electrons. The van der Waals surface area contributed by atoms with Crippen LogP contribution in [0.15, 0.2) is 109 Å². The molecule has 0 saturated heterocycles. The topological polar surface area (TPSA) is 78.9 Å². The molecule has 0 N–H and O–H groups in total. The number of ether oxygens (including phenoxy) is 3. The molecule has 0 rings (SSSR count). The second kappa shape index (κ2) is 58.6. The van der Waals surface area contributed by atoms with Crippen LogP contribution in [0.4, 0.5) is 0 Å². The summed E-state index contributed by atoms with van der Waals surface area (Å²) in [5.41, 5.74) is 0. The fourth-order valence-corrected chi connectivity index (χ4v) is 7.89. The average molecular weight is 986 g/mol. The zero-order valence-corrected chi connectivity index (χ0v) is 46.2. The smallest absolute Gasteiger partial charge is 0.306 e. The molecule has 0 spiro atoms. The number of hydrogen-bond acceptors (Lipinski definition) is 6. The molecule has 0 fully saturated rings. The third-order valence-electron chi connectivity index (χ3n) is 12.2. The summed E-state index contributed by atoms with van der Waals surface area (Å²) < 4.78 is 16.8. The van der Waals surface area contributed by atoms with Crippen molar-refractivity contribution >= 4 is 17.9 Å². The van der Waals surface area contributed by atoms with Gasteiger partial charge in [-0.05, 0) is 122 Å². The molecule has 0 aromatic heterocycles. The number of unbranched alkanes of at least 4 members (excludes halogenated alkanes) is 23. The summed E-state index contributed by atoms with van der Waals surface area (Å²) in [6.07, 6.45) is 79.3. The standard InChI is InChI=1S/C65H108O6/c1-4-7-10-13-16-19-22-25-28-30-32-34-37-40-43-46-49-52-55-58-64(67)70-61-62(60-69-63(66)57-54-51-48-45-42-39-36-27-24-21-18-15-12-9-6-3)71-65(68)59-56-53-50-47-44-41-38-35-33-31-29-26-23-20-17-14-11-8-5-2/h7,9-10,12,16,18-19,21,25-29,32,34,36,40,43,62H,4-6,8,11,13-15,17,20,22-24,30-31,33,35,37-39,41-42,44-61H2,1-3H3/b10-7-,12-9-,19-16-,21-18-,28-25-,29-26-,34-32-,36-27-,43-40-/t62-/m1/s1. The molecule has 0 aromatic rings. The van der Waals surface area contributed by atoms with Gasteiger partial charge in [-0.1, -0.05) is 233 Å². The Morgan fingerprint density at radius 3 is 0.887 bits per heavy atom. The van der Waals surface area contributed by atoms with E-state index in [4.69, 9.17) is 14.2 Å². The second-order valence-corrected chi connectivity index (χ2v) is 19.1. The highest BCUT2D eigenvalue weighted by molar-refractivity contribution is 5.71. The summed E-state index contributed by atoms with van der Waals surface area (Å²) in [5, 5.41) is 0. The van der Waals surface area contributed by atoms with Gasteiger partial charge in [-0.2, -0.15) is 0 Å². The lowest BCUT2D eigenvalue weighted by Crippen LogP contribution is -2.30. The molecule has 6 heteroatoms. The molecule has 0 aromatic carbocycles. The Bertz CT molecular complexity index is 1460. The van der Waals surface area contributed by atoms with Crippen molar-refractivity contribution in [3.8, 4) is 0 Å². The molecule has 1 atom stereocenters. The van der Waals surface area contributed by atoms with E-state index in [9.17, 15) is 14.4 Å². The predicted octanol–water partition coefficient (Wildman–Crippen LogP) is 19.9. The first kappa shape index (κ1) is 67.1. The highest BCUT2D eigenvalue weighted by Crippen LogP contribution is 2.15. The van der Waals surface area contributed by atoms with Gasteiger partial charge >= 0.3 is 17.9 Å². The molecule has 0 aliphatic carbocycles. The Labute approximate surface area is 438 Å². The Morgan fingerprint density at radius 1 is 0.296 bits per heavy atom. The molecular formula is C65H108O6. The summed E-state index contributed by atoms with van der Waals surface area (Å²) in [5.74, 6) is -0.948. The SMILES string of the molecule is CC/C=C\C/C=C\C/C=C\C/C=C\C/C=C\CCCCCC(=O)OC[C@@H](COC(=O)CCCCCCC/C=C\C/C=C\C/C=C\CC)OC(=O)CCCCCCCCCCC/C=C\CCCCCCCC. The lowest BCUT2D eigenvalue weighted by molar-refractivity contribution is -0.167. The van der Waals surface area contributed by atoms with E-state index in [-0.39, 0.29) is 31.1 Å². The van der Waals surface area contributed by atoms with E-state index in [2.05, 4.69) is 130 Å². The van der Waals surface area contributed by atoms with Crippen LogP contribution in [-0.2, 0) is 28.6 Å². The van der Waals surface area contributed by atoms with Crippen molar-refractivity contribution in [3.05, 3.63) is 109 Å². The number of hydrogen-bond donors (Lipinski definition) is 0. The van der Waals surface area contributed by atoms with E-state index in [1.54, 1.807) is 0 Å². The normalized spacial score (nSPS) is 12.9. The van der Waals surface area contributed by atoms with Gasteiger partial charge in [0.15, 0.2) is 6.10 Å². The molecule has 0 aliphatic rings. The van der Waals surface area contributed by atoms with E-state index < -0.39 is 6.10 Å². The molecule has 0 saturated carbocycles. The fraction of sp³-hybridized carbons (Fsp3) is 0.677. The molecule has 0 bridgehead atoms. The molecule has 0 heterocycles. The van der Waals surface area contributed by atoms with Gasteiger partial charge in [0.25, 0.3) is 0 Å². The third kappa shape index (κ3) is 56.9. The van der Waals surface area contributed by atoms with E-state index in [0.717, 1.165) is 135 Å². The minimum absolute atomic E-state index is 0.0997. The summed E-state index contributed by atoms with van der Waals surface area (Å²) in [4.78, 5) is 38.2. The number of esters is 3. The van der Waals surface area contributed by atoms with E-state index in [1.807, 2.05) is 0 Å². The van der Waals surface area contributed by atoms with Crippen LogP contribution in [-0.4, -0.2) is 37.2 Å². The maximum absolute atomic E-state index is 12.9. The van der Waals surface area contributed by atoms with Crippen molar-refractivity contribution in [2.45, 2.75) is 271 Å². The van der Waals surface area contributed by atoms with Crippen LogP contribution in [0.25, 0.3) is 0 Å². The van der Waals surface area contributed by atoms with Gasteiger partial charge in [0.1, 0.15) is 13.2 Å². The zero-order chi connectivity index (χ0) is 51.4. The van der Waals surface area contributed by atoms with Crippen molar-refractivity contribution in [2.75, 3.05) is 13.2 Å². The molecule has 0 amide bonds. The largest absolute Gasteiger partial charge is 0.462 e. The van der Waals surface area contributed by atoms with Crippen molar-refractivity contribution in [1.29, 1.82) is 0 Å². The van der Waals surface area contributed by atoms with Crippen LogP contribution in [0, 0.1) is 0 Å². The summed E-state index contributed by atoms with van der Waals surface area (Å²) in [6, 6.07) is 0. The van der Waals surface area contributed by atoms with Crippen LogP contribution >= 0.6 is 0 Å². The number of carbonyl (C=O) groups excluding carboxylic acids is 3. The van der Waals surface area contributed by atoms with Crippen LogP contribution in [0.5, 0.6) is 0 Å². The van der Waals surface area contributed by atoms with E-state index >= 15 is 0 Å². The van der Waals surface area contributed by atoms with Gasteiger partial charge in [-0.3, -0.25) is 14.4 Å². The predicted molar refractivity (Wildman–Crippen MR) is 307 cm³/mol. The minimum atomic E-state index is -0.803. The molecule has 6 nitrogen and oxygen atoms in total. The van der Waals surface area contributed by atoms with Gasteiger partial charge in [-0.25, -0.2) is 0 Å². The summed E-state index contributed by atoms with van der Waals surface area (Å²) >= 11 is 0. The van der Waals surface area contributed by atoms with Gasteiger partial charge in [0, 0.05) is 19.3 Å². The van der Waals surface area contributed by atoms with Crippen molar-refractivity contribution in [1.82, 2.24) is 0 Å². The lowest BCUT2D eigenvalue weighted by atomic mass is 10.1. The van der Waals surface area contributed by atoms with Gasteiger partial charge in [0.05, 0.1) is 0 Å². The summed E-state index contributed by atoms with van der Waals surface area (Å²) in [6.45, 7) is 6.37. The van der Waals surface area contributed by atoms with Crippen molar-refractivity contribution < 1.29 is 28.6 Å². The summed E-state index contributed by atoms with van der Waals surface area (Å²) in [7, 11) is 0. The van der Waals surface area contributed by atoms with E-state index in [1.165, 1.54) is 89.9 Å². The maximum Gasteiger partial charge on any atom is 0.306 e. The first-order valence-corrected chi connectivity index (χ1v) is 29.4. The molecule has 0 aliphatic heterocycles. The fourth-order valence-electron chi connectivity index (χ4n) is 7.89. The second-order valence-electron chi connectivity index (χ2n) is 19.1. The van der Waals surface area contributed by atoms with Gasteiger partial charge in [0.2, 0.25) is 0 Å². The minimum Gasteiger partial charge on any atom is -0.462 e. The molecule has 71 heavy (non-hydrogen) atoms. The zero-order valence-electron chi connectivity index (χ0n) is 46.2. The number of carbonyl (C=O) groups is 3. The molecular weight excluding hydrogens is 877 g/mol. The Hall–Kier alpha value is -3.93. The molecule has 0 radical (unpaired) electrons.